The van der Waals surface area contributed by atoms with Crippen molar-refractivity contribution in [1.82, 2.24) is 10.6 Å². The predicted octanol–water partition coefficient (Wildman–Crippen LogP) is 0.180. The van der Waals surface area contributed by atoms with Crippen molar-refractivity contribution in [3.05, 3.63) is 0 Å². The average molecular weight is 184 g/mol. The fraction of sp³-hybridized carbons (Fsp3) is 0.778. The van der Waals surface area contributed by atoms with Gasteiger partial charge in [0.15, 0.2) is 0 Å². The zero-order chi connectivity index (χ0) is 10.1. The summed E-state index contributed by atoms with van der Waals surface area (Å²) < 4.78 is 0. The number of hydrogen-bond acceptors (Lipinski definition) is 3. The molecule has 1 aliphatic rings. The van der Waals surface area contributed by atoms with E-state index < -0.39 is 5.54 Å². The number of carbonyl (C=O) groups excluding carboxylic acids is 2. The van der Waals surface area contributed by atoms with Gasteiger partial charge in [0.05, 0.1) is 11.6 Å². The lowest BCUT2D eigenvalue weighted by atomic mass is 9.97. The quantitative estimate of drug-likeness (QED) is 0.602. The second-order valence-corrected chi connectivity index (χ2v) is 3.93. The monoisotopic (exact) mass is 184 g/mol. The van der Waals surface area contributed by atoms with Crippen LogP contribution in [0, 0.1) is 0 Å². The van der Waals surface area contributed by atoms with Crippen molar-refractivity contribution in [2.75, 3.05) is 0 Å². The van der Waals surface area contributed by atoms with Gasteiger partial charge in [0, 0.05) is 0 Å². The molecule has 1 heterocycles. The highest BCUT2D eigenvalue weighted by molar-refractivity contribution is 6.04. The first-order valence-electron chi connectivity index (χ1n) is 4.60. The number of piperazine rings is 1. The Labute approximate surface area is 78.1 Å². The molecule has 0 saturated carbocycles. The van der Waals surface area contributed by atoms with Crippen molar-refractivity contribution in [2.45, 2.75) is 45.2 Å². The molecule has 1 saturated heterocycles. The van der Waals surface area contributed by atoms with Crippen LogP contribution in [0.2, 0.25) is 0 Å². The molecular formula is C9H16N2O2. The van der Waals surface area contributed by atoms with Crippen molar-refractivity contribution in [1.29, 1.82) is 0 Å². The Morgan fingerprint density at radius 2 is 2.00 bits per heavy atom. The maximum atomic E-state index is 11.3. The van der Waals surface area contributed by atoms with Crippen LogP contribution < -0.4 is 10.6 Å². The number of rotatable bonds is 2. The summed E-state index contributed by atoms with van der Waals surface area (Å²) in [5, 5.41) is 5.40. The second kappa shape index (κ2) is 3.46. The minimum Gasteiger partial charge on any atom is -0.293 e. The van der Waals surface area contributed by atoms with E-state index in [9.17, 15) is 9.59 Å². The van der Waals surface area contributed by atoms with Crippen LogP contribution in [-0.2, 0) is 9.59 Å². The zero-order valence-electron chi connectivity index (χ0n) is 8.31. The zero-order valence-corrected chi connectivity index (χ0v) is 8.31. The van der Waals surface area contributed by atoms with Gasteiger partial charge in [-0.05, 0) is 20.3 Å². The number of carbonyl (C=O) groups is 2. The van der Waals surface area contributed by atoms with Gasteiger partial charge in [0.2, 0.25) is 11.8 Å². The number of hydrogen-bond donors (Lipinski definition) is 2. The van der Waals surface area contributed by atoms with Crippen LogP contribution in [-0.4, -0.2) is 23.4 Å². The first-order valence-corrected chi connectivity index (χ1v) is 4.60. The van der Waals surface area contributed by atoms with Gasteiger partial charge >= 0.3 is 0 Å². The summed E-state index contributed by atoms with van der Waals surface area (Å²) >= 11 is 0. The lowest BCUT2D eigenvalue weighted by Gasteiger charge is -2.34. The molecule has 1 rings (SSSR count). The molecule has 4 heteroatoms. The molecule has 1 fully saturated rings. The molecule has 1 aliphatic heterocycles. The van der Waals surface area contributed by atoms with E-state index >= 15 is 0 Å². The maximum Gasteiger partial charge on any atom is 0.246 e. The Balaban J connectivity index is 2.70. The van der Waals surface area contributed by atoms with Gasteiger partial charge in [-0.1, -0.05) is 13.3 Å². The standard InChI is InChI=1S/C9H16N2O2/c1-4-5-6-7(12)10-8(13)9(2,3)11-6/h6,11H,4-5H2,1-3H3,(H,10,12,13). The molecule has 0 aliphatic carbocycles. The molecule has 0 aromatic rings. The number of amides is 2. The van der Waals surface area contributed by atoms with Gasteiger partial charge < -0.3 is 0 Å². The lowest BCUT2D eigenvalue weighted by Crippen LogP contribution is -2.66. The summed E-state index contributed by atoms with van der Waals surface area (Å²) in [5.41, 5.74) is -0.631. The molecule has 74 valence electrons. The van der Waals surface area contributed by atoms with Crippen molar-refractivity contribution in [3.63, 3.8) is 0 Å². The van der Waals surface area contributed by atoms with Crippen LogP contribution in [0.5, 0.6) is 0 Å². The van der Waals surface area contributed by atoms with Crippen molar-refractivity contribution < 1.29 is 9.59 Å². The molecule has 2 N–H and O–H groups in total. The van der Waals surface area contributed by atoms with E-state index in [-0.39, 0.29) is 17.9 Å². The summed E-state index contributed by atoms with van der Waals surface area (Å²) in [6, 6.07) is -0.224. The Morgan fingerprint density at radius 3 is 2.54 bits per heavy atom. The van der Waals surface area contributed by atoms with E-state index in [1.807, 2.05) is 6.92 Å². The van der Waals surface area contributed by atoms with Gasteiger partial charge in [-0.2, -0.15) is 0 Å². The van der Waals surface area contributed by atoms with Crippen LogP contribution in [0.25, 0.3) is 0 Å². The predicted molar refractivity (Wildman–Crippen MR) is 49.1 cm³/mol. The van der Waals surface area contributed by atoms with E-state index in [0.29, 0.717) is 0 Å². The summed E-state index contributed by atoms with van der Waals surface area (Å²) in [7, 11) is 0. The summed E-state index contributed by atoms with van der Waals surface area (Å²) in [4.78, 5) is 22.6. The fourth-order valence-corrected chi connectivity index (χ4v) is 1.41. The smallest absolute Gasteiger partial charge is 0.246 e. The van der Waals surface area contributed by atoms with E-state index in [0.717, 1.165) is 12.8 Å². The van der Waals surface area contributed by atoms with Crippen molar-refractivity contribution in [2.24, 2.45) is 0 Å². The maximum absolute atomic E-state index is 11.3. The molecule has 13 heavy (non-hydrogen) atoms. The Kier molecular flexibility index (Phi) is 2.71. The first kappa shape index (κ1) is 10.2. The van der Waals surface area contributed by atoms with Crippen LogP contribution in [0.1, 0.15) is 33.6 Å². The largest absolute Gasteiger partial charge is 0.293 e. The number of nitrogens with one attached hydrogen (secondary N) is 2. The third-order valence-electron chi connectivity index (χ3n) is 2.23. The van der Waals surface area contributed by atoms with Crippen LogP contribution in [0.3, 0.4) is 0 Å². The summed E-state index contributed by atoms with van der Waals surface area (Å²) in [6.07, 6.45) is 1.69. The lowest BCUT2D eigenvalue weighted by molar-refractivity contribution is -0.139. The normalized spacial score (nSPS) is 27.2. The minimum atomic E-state index is -0.631. The number of imide groups is 1. The van der Waals surface area contributed by atoms with Gasteiger partial charge in [-0.25, -0.2) is 0 Å². The van der Waals surface area contributed by atoms with Crippen molar-refractivity contribution in [3.8, 4) is 0 Å². The molecule has 0 aromatic heterocycles. The topological polar surface area (TPSA) is 58.2 Å². The van der Waals surface area contributed by atoms with Crippen LogP contribution in [0.4, 0.5) is 0 Å². The highest BCUT2D eigenvalue weighted by atomic mass is 16.2. The molecule has 4 nitrogen and oxygen atoms in total. The van der Waals surface area contributed by atoms with E-state index in [4.69, 9.17) is 0 Å². The van der Waals surface area contributed by atoms with Crippen LogP contribution >= 0.6 is 0 Å². The highest BCUT2D eigenvalue weighted by Gasteiger charge is 2.38. The van der Waals surface area contributed by atoms with Gasteiger partial charge in [0.1, 0.15) is 0 Å². The van der Waals surface area contributed by atoms with E-state index in [1.165, 1.54) is 0 Å². The Morgan fingerprint density at radius 1 is 1.38 bits per heavy atom. The average Bonchev–Trinajstić information content (AvgIpc) is 2.00. The molecular weight excluding hydrogens is 168 g/mol. The van der Waals surface area contributed by atoms with Gasteiger partial charge in [-0.3, -0.25) is 20.2 Å². The van der Waals surface area contributed by atoms with E-state index in [2.05, 4.69) is 10.6 Å². The summed E-state index contributed by atoms with van der Waals surface area (Å²) in [5.74, 6) is -0.448. The molecule has 0 aromatic carbocycles. The minimum absolute atomic E-state index is 0.203. The fourth-order valence-electron chi connectivity index (χ4n) is 1.41. The molecule has 2 amide bonds. The second-order valence-electron chi connectivity index (χ2n) is 3.93. The first-order chi connectivity index (χ1) is 5.97. The molecule has 0 spiro atoms. The molecule has 0 bridgehead atoms. The summed E-state index contributed by atoms with van der Waals surface area (Å²) in [6.45, 7) is 5.56. The van der Waals surface area contributed by atoms with Gasteiger partial charge in [0.25, 0.3) is 0 Å². The SMILES string of the molecule is CCCC1NC(C)(C)C(=O)NC1=O. The molecule has 0 radical (unpaired) electrons. The third kappa shape index (κ3) is 2.06. The van der Waals surface area contributed by atoms with E-state index in [1.54, 1.807) is 13.8 Å². The van der Waals surface area contributed by atoms with Gasteiger partial charge in [-0.15, -0.1) is 0 Å². The Bertz CT molecular complexity index is 236. The third-order valence-corrected chi connectivity index (χ3v) is 2.23. The Hall–Kier alpha value is -0.900. The van der Waals surface area contributed by atoms with Crippen molar-refractivity contribution >= 4 is 11.8 Å². The highest BCUT2D eigenvalue weighted by Crippen LogP contribution is 2.12. The molecule has 1 unspecified atom stereocenters. The van der Waals surface area contributed by atoms with Crippen LogP contribution in [0.15, 0.2) is 0 Å². The molecule has 1 atom stereocenters.